The third-order valence-corrected chi connectivity index (χ3v) is 2.82. The van der Waals surface area contributed by atoms with Crippen molar-refractivity contribution in [3.63, 3.8) is 0 Å². The Labute approximate surface area is 103 Å². The highest BCUT2D eigenvalue weighted by Crippen LogP contribution is 2.21. The standard InChI is InChI=1S/C13H11N3O2/c17-10-5-2-1-4-9(10)8-12-14-15-13-11(18)6-3-7-16(12)13/h1-7,17-18H,8H2. The lowest BCUT2D eigenvalue weighted by atomic mass is 10.1. The van der Waals surface area contributed by atoms with Gasteiger partial charge in [-0.25, -0.2) is 0 Å². The van der Waals surface area contributed by atoms with Crippen LogP contribution in [-0.4, -0.2) is 24.8 Å². The summed E-state index contributed by atoms with van der Waals surface area (Å²) < 4.78 is 1.71. The van der Waals surface area contributed by atoms with Gasteiger partial charge in [-0.1, -0.05) is 18.2 Å². The molecule has 2 aromatic heterocycles. The lowest BCUT2D eigenvalue weighted by molar-refractivity contribution is 0.469. The molecule has 5 heteroatoms. The lowest BCUT2D eigenvalue weighted by Crippen LogP contribution is -1.96. The van der Waals surface area contributed by atoms with Crippen LogP contribution in [0.3, 0.4) is 0 Å². The molecule has 0 spiro atoms. The van der Waals surface area contributed by atoms with Gasteiger partial charge in [0, 0.05) is 18.2 Å². The van der Waals surface area contributed by atoms with Crippen LogP contribution in [0.25, 0.3) is 5.65 Å². The molecular weight excluding hydrogens is 230 g/mol. The van der Waals surface area contributed by atoms with Gasteiger partial charge in [-0.15, -0.1) is 10.2 Å². The lowest BCUT2D eigenvalue weighted by Gasteiger charge is -2.03. The van der Waals surface area contributed by atoms with Gasteiger partial charge in [-0.3, -0.25) is 4.40 Å². The summed E-state index contributed by atoms with van der Waals surface area (Å²) in [5, 5.41) is 27.3. The Morgan fingerprint density at radius 2 is 1.72 bits per heavy atom. The van der Waals surface area contributed by atoms with Crippen LogP contribution >= 0.6 is 0 Å². The molecule has 0 saturated carbocycles. The molecule has 0 amide bonds. The fraction of sp³-hybridized carbons (Fsp3) is 0.0769. The number of nitrogens with zero attached hydrogens (tertiary/aromatic N) is 3. The van der Waals surface area contributed by atoms with E-state index in [9.17, 15) is 10.2 Å². The Balaban J connectivity index is 2.06. The fourth-order valence-corrected chi connectivity index (χ4v) is 1.90. The number of rotatable bonds is 2. The molecule has 3 aromatic rings. The first-order valence-corrected chi connectivity index (χ1v) is 5.54. The molecule has 5 nitrogen and oxygen atoms in total. The van der Waals surface area contributed by atoms with Crippen molar-refractivity contribution in [1.29, 1.82) is 0 Å². The summed E-state index contributed by atoms with van der Waals surface area (Å²) in [6.45, 7) is 0. The minimum atomic E-state index is 0.0912. The number of pyridine rings is 1. The Hall–Kier alpha value is -2.56. The van der Waals surface area contributed by atoms with E-state index in [0.29, 0.717) is 17.9 Å². The van der Waals surface area contributed by atoms with Gasteiger partial charge in [0.2, 0.25) is 5.65 Å². The van der Waals surface area contributed by atoms with Gasteiger partial charge < -0.3 is 10.2 Å². The quantitative estimate of drug-likeness (QED) is 0.716. The summed E-state index contributed by atoms with van der Waals surface area (Å²) in [7, 11) is 0. The molecule has 2 N–H and O–H groups in total. The molecule has 1 aromatic carbocycles. The molecule has 0 aliphatic rings. The summed E-state index contributed by atoms with van der Waals surface area (Å²) >= 11 is 0. The second kappa shape index (κ2) is 4.03. The van der Waals surface area contributed by atoms with Crippen LogP contribution in [0.1, 0.15) is 11.4 Å². The molecule has 0 radical (unpaired) electrons. The number of fused-ring (bicyclic) bond motifs is 1. The number of aromatic hydroxyl groups is 2. The van der Waals surface area contributed by atoms with Crippen LogP contribution in [0.4, 0.5) is 0 Å². The highest BCUT2D eigenvalue weighted by molar-refractivity contribution is 5.52. The summed E-state index contributed by atoms with van der Waals surface area (Å²) in [6.07, 6.45) is 2.24. The van der Waals surface area contributed by atoms with E-state index in [4.69, 9.17) is 0 Å². The number of benzene rings is 1. The smallest absolute Gasteiger partial charge is 0.203 e. The molecule has 0 bridgehead atoms. The fourth-order valence-electron chi connectivity index (χ4n) is 1.90. The maximum atomic E-state index is 9.73. The number of phenolic OH excluding ortho intramolecular Hbond substituents is 1. The van der Waals surface area contributed by atoms with E-state index in [-0.39, 0.29) is 11.5 Å². The second-order valence-electron chi connectivity index (χ2n) is 4.01. The average molecular weight is 241 g/mol. The summed E-state index contributed by atoms with van der Waals surface area (Å²) in [4.78, 5) is 0. The first-order valence-electron chi connectivity index (χ1n) is 5.54. The Kier molecular flexibility index (Phi) is 2.37. The van der Waals surface area contributed by atoms with Gasteiger partial charge in [-0.05, 0) is 18.2 Å². The normalized spacial score (nSPS) is 10.9. The van der Waals surface area contributed by atoms with Crippen molar-refractivity contribution in [3.05, 3.63) is 54.0 Å². The summed E-state index contributed by atoms with van der Waals surface area (Å²) in [6, 6.07) is 10.4. The van der Waals surface area contributed by atoms with Gasteiger partial charge in [0.25, 0.3) is 0 Å². The minimum absolute atomic E-state index is 0.0912. The number of phenols is 1. The highest BCUT2D eigenvalue weighted by Gasteiger charge is 2.10. The van der Waals surface area contributed by atoms with E-state index in [1.807, 2.05) is 12.1 Å². The van der Waals surface area contributed by atoms with E-state index in [2.05, 4.69) is 10.2 Å². The van der Waals surface area contributed by atoms with E-state index < -0.39 is 0 Å². The third kappa shape index (κ3) is 1.66. The number of hydrogen-bond acceptors (Lipinski definition) is 4. The Morgan fingerprint density at radius 3 is 2.56 bits per heavy atom. The number of aromatic nitrogens is 3. The van der Waals surface area contributed by atoms with E-state index in [0.717, 1.165) is 5.56 Å². The van der Waals surface area contributed by atoms with E-state index >= 15 is 0 Å². The van der Waals surface area contributed by atoms with Gasteiger partial charge in [0.05, 0.1) is 0 Å². The van der Waals surface area contributed by atoms with Crippen molar-refractivity contribution in [3.8, 4) is 11.5 Å². The predicted octanol–water partition coefficient (Wildman–Crippen LogP) is 1.73. The Morgan fingerprint density at radius 1 is 0.944 bits per heavy atom. The zero-order valence-electron chi connectivity index (χ0n) is 9.48. The van der Waals surface area contributed by atoms with Crippen molar-refractivity contribution in [2.24, 2.45) is 0 Å². The van der Waals surface area contributed by atoms with Gasteiger partial charge >= 0.3 is 0 Å². The average Bonchev–Trinajstić information content (AvgIpc) is 2.77. The van der Waals surface area contributed by atoms with Gasteiger partial charge in [-0.2, -0.15) is 0 Å². The van der Waals surface area contributed by atoms with Crippen LogP contribution in [-0.2, 0) is 6.42 Å². The van der Waals surface area contributed by atoms with Crippen LogP contribution in [0.15, 0.2) is 42.6 Å². The SMILES string of the molecule is Oc1ccccc1Cc1nnc2c(O)cccn12. The Bertz CT molecular complexity index is 706. The molecular formula is C13H11N3O2. The molecule has 0 aliphatic carbocycles. The van der Waals surface area contributed by atoms with Crippen LogP contribution < -0.4 is 0 Å². The molecule has 0 aliphatic heterocycles. The van der Waals surface area contributed by atoms with Crippen molar-refractivity contribution in [2.75, 3.05) is 0 Å². The van der Waals surface area contributed by atoms with Crippen LogP contribution in [0.2, 0.25) is 0 Å². The van der Waals surface area contributed by atoms with Crippen molar-refractivity contribution >= 4 is 5.65 Å². The molecule has 3 rings (SSSR count). The first-order chi connectivity index (χ1) is 8.75. The molecule has 18 heavy (non-hydrogen) atoms. The molecule has 2 heterocycles. The zero-order valence-corrected chi connectivity index (χ0v) is 9.48. The second-order valence-corrected chi connectivity index (χ2v) is 4.01. The maximum absolute atomic E-state index is 9.73. The molecule has 0 unspecified atom stereocenters. The first kappa shape index (κ1) is 10.6. The maximum Gasteiger partial charge on any atom is 0.203 e. The molecule has 90 valence electrons. The van der Waals surface area contributed by atoms with Crippen molar-refractivity contribution in [1.82, 2.24) is 14.6 Å². The topological polar surface area (TPSA) is 70.7 Å². The van der Waals surface area contributed by atoms with Crippen LogP contribution in [0, 0.1) is 0 Å². The van der Waals surface area contributed by atoms with Crippen LogP contribution in [0.5, 0.6) is 11.5 Å². The predicted molar refractivity (Wildman–Crippen MR) is 65.6 cm³/mol. The van der Waals surface area contributed by atoms with Crippen molar-refractivity contribution in [2.45, 2.75) is 6.42 Å². The summed E-state index contributed by atoms with van der Waals surface area (Å²) in [5.41, 5.74) is 1.19. The minimum Gasteiger partial charge on any atom is -0.508 e. The van der Waals surface area contributed by atoms with Gasteiger partial charge in [0.1, 0.15) is 11.6 Å². The zero-order chi connectivity index (χ0) is 12.5. The number of para-hydroxylation sites is 1. The van der Waals surface area contributed by atoms with Gasteiger partial charge in [0.15, 0.2) is 5.75 Å². The monoisotopic (exact) mass is 241 g/mol. The highest BCUT2D eigenvalue weighted by atomic mass is 16.3. The van der Waals surface area contributed by atoms with Crippen molar-refractivity contribution < 1.29 is 10.2 Å². The number of hydrogen-bond donors (Lipinski definition) is 2. The summed E-state index contributed by atoms with van der Waals surface area (Å²) in [5.74, 6) is 0.991. The van der Waals surface area contributed by atoms with E-state index in [1.54, 1.807) is 34.9 Å². The molecule has 0 fully saturated rings. The molecule has 0 saturated heterocycles. The third-order valence-electron chi connectivity index (χ3n) is 2.82. The largest absolute Gasteiger partial charge is 0.508 e. The van der Waals surface area contributed by atoms with E-state index in [1.165, 1.54) is 0 Å². The molecule has 0 atom stereocenters.